The Morgan fingerprint density at radius 1 is 1.35 bits per heavy atom. The van der Waals surface area contributed by atoms with Gasteiger partial charge in [0.25, 0.3) is 0 Å². The van der Waals surface area contributed by atoms with Crippen molar-refractivity contribution in [3.63, 3.8) is 0 Å². The summed E-state index contributed by atoms with van der Waals surface area (Å²) in [5, 5.41) is 28.5. The molecule has 3 N–H and O–H groups in total. The number of carbonyl (C=O) groups is 2. The van der Waals surface area contributed by atoms with E-state index in [0.29, 0.717) is 6.42 Å². The van der Waals surface area contributed by atoms with Crippen LogP contribution >= 0.6 is 0 Å². The largest absolute Gasteiger partial charge is 0.459 e. The SMILES string of the molecule is CCCCCC(=O)CC(=O)OCC1(O)OC[C@H](O)[C@@H]1O. The molecule has 0 radical (unpaired) electrons. The summed E-state index contributed by atoms with van der Waals surface area (Å²) < 4.78 is 9.51. The van der Waals surface area contributed by atoms with Crippen molar-refractivity contribution in [1.29, 1.82) is 0 Å². The maximum Gasteiger partial charge on any atom is 0.313 e. The molecule has 0 bridgehead atoms. The molecule has 1 unspecified atom stereocenters. The second-order valence-electron chi connectivity index (χ2n) is 5.00. The highest BCUT2D eigenvalue weighted by Gasteiger charge is 2.48. The molecule has 0 amide bonds. The van der Waals surface area contributed by atoms with Crippen LogP contribution in [0.4, 0.5) is 0 Å². The van der Waals surface area contributed by atoms with Gasteiger partial charge < -0.3 is 24.8 Å². The van der Waals surface area contributed by atoms with Crippen molar-refractivity contribution in [2.45, 2.75) is 57.0 Å². The summed E-state index contributed by atoms with van der Waals surface area (Å²) in [6.07, 6.45) is -0.157. The summed E-state index contributed by atoms with van der Waals surface area (Å²) in [5.41, 5.74) is 0. The predicted molar refractivity (Wildman–Crippen MR) is 67.6 cm³/mol. The smallest absolute Gasteiger partial charge is 0.313 e. The van der Waals surface area contributed by atoms with Gasteiger partial charge in [-0.3, -0.25) is 9.59 Å². The van der Waals surface area contributed by atoms with Gasteiger partial charge in [0.15, 0.2) is 0 Å². The zero-order chi connectivity index (χ0) is 15.2. The molecule has 1 heterocycles. The van der Waals surface area contributed by atoms with Gasteiger partial charge in [-0.15, -0.1) is 0 Å². The van der Waals surface area contributed by atoms with Crippen LogP contribution in [0, 0.1) is 0 Å². The molecule has 3 atom stereocenters. The molecule has 0 aromatic carbocycles. The fourth-order valence-electron chi connectivity index (χ4n) is 1.89. The van der Waals surface area contributed by atoms with Gasteiger partial charge in [0, 0.05) is 6.42 Å². The van der Waals surface area contributed by atoms with Gasteiger partial charge in [-0.05, 0) is 6.42 Å². The van der Waals surface area contributed by atoms with Crippen molar-refractivity contribution in [1.82, 2.24) is 0 Å². The van der Waals surface area contributed by atoms with Crippen LogP contribution in [0.15, 0.2) is 0 Å². The second kappa shape index (κ2) is 7.68. The normalized spacial score (nSPS) is 29.4. The Kier molecular flexibility index (Phi) is 6.54. The van der Waals surface area contributed by atoms with E-state index in [1.807, 2.05) is 6.92 Å². The van der Waals surface area contributed by atoms with Crippen LogP contribution in [0.5, 0.6) is 0 Å². The van der Waals surface area contributed by atoms with Crippen molar-refractivity contribution < 1.29 is 34.4 Å². The number of hydrogen-bond donors (Lipinski definition) is 3. The molecule has 1 fully saturated rings. The topological polar surface area (TPSA) is 113 Å². The van der Waals surface area contributed by atoms with Gasteiger partial charge in [0.2, 0.25) is 5.79 Å². The van der Waals surface area contributed by atoms with E-state index in [-0.39, 0.29) is 18.8 Å². The molecule has 7 nitrogen and oxygen atoms in total. The number of unbranched alkanes of at least 4 members (excludes halogenated alkanes) is 2. The number of hydrogen-bond acceptors (Lipinski definition) is 7. The van der Waals surface area contributed by atoms with Crippen LogP contribution in [-0.4, -0.2) is 58.3 Å². The number of carbonyl (C=O) groups excluding carboxylic acids is 2. The van der Waals surface area contributed by atoms with Crippen LogP contribution in [-0.2, 0) is 19.1 Å². The molecular formula is C13H22O7. The summed E-state index contributed by atoms with van der Waals surface area (Å²) in [5.74, 6) is -3.11. The third-order valence-electron chi connectivity index (χ3n) is 3.17. The molecule has 0 aromatic heterocycles. The summed E-state index contributed by atoms with van der Waals surface area (Å²) >= 11 is 0. The van der Waals surface area contributed by atoms with Crippen molar-refractivity contribution in [3.8, 4) is 0 Å². The van der Waals surface area contributed by atoms with Crippen molar-refractivity contribution >= 4 is 11.8 Å². The highest BCUT2D eigenvalue weighted by Crippen LogP contribution is 2.24. The lowest BCUT2D eigenvalue weighted by atomic mass is 10.1. The Morgan fingerprint density at radius 2 is 2.05 bits per heavy atom. The molecule has 116 valence electrons. The maximum atomic E-state index is 11.4. The fourth-order valence-corrected chi connectivity index (χ4v) is 1.89. The maximum absolute atomic E-state index is 11.4. The summed E-state index contributed by atoms with van der Waals surface area (Å²) in [7, 11) is 0. The van der Waals surface area contributed by atoms with Crippen LogP contribution in [0.2, 0.25) is 0 Å². The monoisotopic (exact) mass is 290 g/mol. The van der Waals surface area contributed by atoms with Crippen LogP contribution in [0.3, 0.4) is 0 Å². The van der Waals surface area contributed by atoms with Crippen molar-refractivity contribution in [2.24, 2.45) is 0 Å². The van der Waals surface area contributed by atoms with Crippen LogP contribution in [0.25, 0.3) is 0 Å². The van der Waals surface area contributed by atoms with Gasteiger partial charge in [0.1, 0.15) is 31.0 Å². The minimum atomic E-state index is -2.11. The van der Waals surface area contributed by atoms with Crippen LogP contribution in [0.1, 0.15) is 39.0 Å². The number of rotatable bonds is 8. The number of aliphatic hydroxyl groups excluding tert-OH is 2. The second-order valence-corrected chi connectivity index (χ2v) is 5.00. The number of aliphatic hydroxyl groups is 3. The summed E-state index contributed by atoms with van der Waals surface area (Å²) in [6.45, 7) is 1.15. The first-order valence-electron chi connectivity index (χ1n) is 6.79. The van der Waals surface area contributed by atoms with Crippen molar-refractivity contribution in [3.05, 3.63) is 0 Å². The minimum Gasteiger partial charge on any atom is -0.459 e. The average Bonchev–Trinajstić information content (AvgIpc) is 2.65. The molecule has 7 heteroatoms. The van der Waals surface area contributed by atoms with Gasteiger partial charge in [0.05, 0.1) is 6.61 Å². The van der Waals surface area contributed by atoms with E-state index in [9.17, 15) is 24.9 Å². The minimum absolute atomic E-state index is 0.219. The Labute approximate surface area is 117 Å². The molecule has 1 rings (SSSR count). The first kappa shape index (κ1) is 17.0. The van der Waals surface area contributed by atoms with E-state index in [1.165, 1.54) is 0 Å². The fraction of sp³-hybridized carbons (Fsp3) is 0.846. The van der Waals surface area contributed by atoms with Crippen molar-refractivity contribution in [2.75, 3.05) is 13.2 Å². The van der Waals surface area contributed by atoms with E-state index in [1.54, 1.807) is 0 Å². The first-order valence-corrected chi connectivity index (χ1v) is 6.79. The Morgan fingerprint density at radius 3 is 2.60 bits per heavy atom. The van der Waals surface area contributed by atoms with E-state index in [0.717, 1.165) is 19.3 Å². The van der Waals surface area contributed by atoms with E-state index >= 15 is 0 Å². The lowest BCUT2D eigenvalue weighted by Gasteiger charge is -2.24. The third-order valence-corrected chi connectivity index (χ3v) is 3.17. The molecule has 0 aromatic rings. The van der Waals surface area contributed by atoms with E-state index < -0.39 is 30.6 Å². The molecule has 20 heavy (non-hydrogen) atoms. The predicted octanol–water partition coefficient (Wildman–Crippen LogP) is -0.490. The molecule has 1 saturated heterocycles. The van der Waals surface area contributed by atoms with Gasteiger partial charge >= 0.3 is 5.97 Å². The number of ketones is 1. The molecule has 1 aliphatic heterocycles. The zero-order valence-corrected chi connectivity index (χ0v) is 11.6. The number of esters is 1. The molecule has 0 saturated carbocycles. The lowest BCUT2D eigenvalue weighted by molar-refractivity contribution is -0.240. The quantitative estimate of drug-likeness (QED) is 0.314. The number of Topliss-reactive ketones (excluding diaryl/α,β-unsaturated/α-hetero) is 1. The first-order chi connectivity index (χ1) is 9.39. The van der Waals surface area contributed by atoms with Gasteiger partial charge in [-0.1, -0.05) is 19.8 Å². The third kappa shape index (κ3) is 4.82. The number of ether oxygens (including phenoxy) is 2. The lowest BCUT2D eigenvalue weighted by Crippen LogP contribution is -2.47. The Bertz CT molecular complexity index is 344. The molecule has 0 aliphatic carbocycles. The molecule has 0 spiro atoms. The molecule has 1 aliphatic rings. The highest BCUT2D eigenvalue weighted by atomic mass is 16.7. The van der Waals surface area contributed by atoms with E-state index in [2.05, 4.69) is 0 Å². The summed E-state index contributed by atoms with van der Waals surface area (Å²) in [6, 6.07) is 0. The zero-order valence-electron chi connectivity index (χ0n) is 11.6. The highest BCUT2D eigenvalue weighted by molar-refractivity contribution is 5.95. The molecular weight excluding hydrogens is 268 g/mol. The van der Waals surface area contributed by atoms with Gasteiger partial charge in [-0.2, -0.15) is 0 Å². The summed E-state index contributed by atoms with van der Waals surface area (Å²) in [4.78, 5) is 22.9. The Hall–Kier alpha value is -1.02. The van der Waals surface area contributed by atoms with Crippen LogP contribution < -0.4 is 0 Å². The Balaban J connectivity index is 2.28. The van der Waals surface area contributed by atoms with Gasteiger partial charge in [-0.25, -0.2) is 0 Å². The van der Waals surface area contributed by atoms with E-state index in [4.69, 9.17) is 9.47 Å². The average molecular weight is 290 g/mol. The standard InChI is InChI=1S/C13H22O7/c1-2-3-4-5-9(14)6-11(16)19-8-13(18)12(17)10(15)7-20-13/h10,12,15,17-18H,2-8H2,1H3/t10-,12-,13?/m0/s1.